The van der Waals surface area contributed by atoms with Crippen molar-refractivity contribution in [2.45, 2.75) is 77.2 Å². The lowest BCUT2D eigenvalue weighted by Crippen LogP contribution is -2.41. The summed E-state index contributed by atoms with van der Waals surface area (Å²) >= 11 is 0. The first-order valence-corrected chi connectivity index (χ1v) is 12.5. The summed E-state index contributed by atoms with van der Waals surface area (Å²) in [7, 11) is -0.391. The Morgan fingerprint density at radius 2 is 1.69 bits per heavy atom. The fraction of sp³-hybridized carbons (Fsp3) is 0.464. The number of nitrogens with zero attached hydrogens (tertiary/aromatic N) is 2. The van der Waals surface area contributed by atoms with Crippen molar-refractivity contribution in [1.29, 1.82) is 0 Å². The molecule has 5 nitrogen and oxygen atoms in total. The molecule has 0 spiro atoms. The summed E-state index contributed by atoms with van der Waals surface area (Å²) in [5.74, 6) is 1.51. The number of hydrogen-bond acceptors (Lipinski definition) is 4. The van der Waals surface area contributed by atoms with Crippen LogP contribution in [0.2, 0.25) is 0 Å². The Bertz CT molecular complexity index is 1100. The van der Waals surface area contributed by atoms with E-state index in [2.05, 4.69) is 87.4 Å². The van der Waals surface area contributed by atoms with Crippen LogP contribution in [0.3, 0.4) is 0 Å². The highest BCUT2D eigenvalue weighted by molar-refractivity contribution is 6.92. The van der Waals surface area contributed by atoms with Gasteiger partial charge in [0.1, 0.15) is 11.9 Å². The Labute approximate surface area is 213 Å². The molecular weight excluding hydrogens is 454 g/mol. The Morgan fingerprint density at radius 3 is 2.43 bits per heavy atom. The summed E-state index contributed by atoms with van der Waals surface area (Å²) in [4.78, 5) is 0. The van der Waals surface area contributed by atoms with Crippen molar-refractivity contribution in [3.05, 3.63) is 78.1 Å². The maximum absolute atomic E-state index is 6.50. The number of ether oxygens (including phenoxy) is 1. The van der Waals surface area contributed by atoms with Crippen LogP contribution in [0, 0.1) is 5.92 Å². The average molecular weight is 492 g/mol. The second-order valence-electron chi connectivity index (χ2n) is 10.7. The molecule has 1 aliphatic carbocycles. The van der Waals surface area contributed by atoms with E-state index in [1.54, 1.807) is 0 Å². The molecule has 2 aromatic carbocycles. The summed E-state index contributed by atoms with van der Waals surface area (Å²) in [5, 5.41) is 4.56. The molecule has 0 N–H and O–H groups in total. The molecule has 1 aliphatic heterocycles. The zero-order valence-electron chi connectivity index (χ0n) is 21.4. The standard InChI is InChI=1S/C28H35BN2O3.H3P/c1-27(2)28(3,4)34-29(33-27)24-18-30-31(20-24)19-22-12-8-14-25(17-22)32-26-15-9-13-23(26)16-21-10-6-5-7-11-21;/h5-8,10-12,14,17-18,20,23,26H,9,13,15-16,19H2,1-4H3;1H3. The molecule has 3 atom stereocenters. The molecule has 35 heavy (non-hydrogen) atoms. The molecule has 3 aromatic rings. The molecule has 2 fully saturated rings. The van der Waals surface area contributed by atoms with Gasteiger partial charge in [0.2, 0.25) is 0 Å². The van der Waals surface area contributed by atoms with E-state index in [0.717, 1.165) is 24.1 Å². The van der Waals surface area contributed by atoms with E-state index in [0.29, 0.717) is 12.5 Å². The van der Waals surface area contributed by atoms with Crippen molar-refractivity contribution in [1.82, 2.24) is 9.78 Å². The van der Waals surface area contributed by atoms with Crippen LogP contribution in [0.25, 0.3) is 0 Å². The molecule has 7 heteroatoms. The summed E-state index contributed by atoms with van der Waals surface area (Å²) in [6.07, 6.45) is 8.80. The van der Waals surface area contributed by atoms with Gasteiger partial charge < -0.3 is 14.0 Å². The first-order chi connectivity index (χ1) is 16.3. The van der Waals surface area contributed by atoms with Gasteiger partial charge in [-0.2, -0.15) is 15.0 Å². The minimum atomic E-state index is -0.391. The predicted octanol–water partition coefficient (Wildman–Crippen LogP) is 5.08. The van der Waals surface area contributed by atoms with Crippen LogP contribution in [0.4, 0.5) is 0 Å². The molecule has 2 heterocycles. The predicted molar refractivity (Wildman–Crippen MR) is 146 cm³/mol. The van der Waals surface area contributed by atoms with Gasteiger partial charge in [0.25, 0.3) is 0 Å². The van der Waals surface area contributed by atoms with Crippen LogP contribution in [-0.4, -0.2) is 34.2 Å². The van der Waals surface area contributed by atoms with Crippen molar-refractivity contribution in [2.24, 2.45) is 5.92 Å². The second-order valence-corrected chi connectivity index (χ2v) is 10.7. The molecule has 1 saturated heterocycles. The maximum atomic E-state index is 6.50. The quantitative estimate of drug-likeness (QED) is 0.341. The molecule has 1 aromatic heterocycles. The first kappa shape index (κ1) is 25.9. The third-order valence-electron chi connectivity index (χ3n) is 7.64. The number of benzene rings is 2. The molecule has 1 saturated carbocycles. The molecule has 5 rings (SSSR count). The van der Waals surface area contributed by atoms with Crippen molar-refractivity contribution < 1.29 is 14.0 Å². The van der Waals surface area contributed by atoms with E-state index < -0.39 is 7.12 Å². The largest absolute Gasteiger partial charge is 0.498 e. The number of aromatic nitrogens is 2. The second kappa shape index (κ2) is 10.5. The molecule has 186 valence electrons. The molecular formula is C28H38BN2O3P. The highest BCUT2D eigenvalue weighted by Gasteiger charge is 2.52. The summed E-state index contributed by atoms with van der Waals surface area (Å²) in [5.41, 5.74) is 2.79. The Balaban J connectivity index is 0.00000289. The molecule has 2 aliphatic rings. The maximum Gasteiger partial charge on any atom is 0.498 e. The van der Waals surface area contributed by atoms with E-state index in [1.165, 1.54) is 24.0 Å². The van der Waals surface area contributed by atoms with Gasteiger partial charge in [-0.3, -0.25) is 4.68 Å². The lowest BCUT2D eigenvalue weighted by atomic mass is 9.82. The van der Waals surface area contributed by atoms with Crippen molar-refractivity contribution in [3.63, 3.8) is 0 Å². The van der Waals surface area contributed by atoms with E-state index in [-0.39, 0.29) is 27.2 Å². The zero-order valence-corrected chi connectivity index (χ0v) is 22.9. The summed E-state index contributed by atoms with van der Waals surface area (Å²) in [6.45, 7) is 8.94. The third kappa shape index (κ3) is 5.82. The Kier molecular flexibility index (Phi) is 7.76. The van der Waals surface area contributed by atoms with Crippen LogP contribution in [-0.2, 0) is 22.3 Å². The van der Waals surface area contributed by atoms with Gasteiger partial charge >= 0.3 is 7.12 Å². The van der Waals surface area contributed by atoms with Crippen LogP contribution in [0.1, 0.15) is 58.1 Å². The molecule has 0 amide bonds. The van der Waals surface area contributed by atoms with Crippen molar-refractivity contribution in [2.75, 3.05) is 0 Å². The monoisotopic (exact) mass is 492 g/mol. The fourth-order valence-corrected chi connectivity index (χ4v) is 4.95. The lowest BCUT2D eigenvalue weighted by molar-refractivity contribution is 0.00578. The normalized spacial score (nSPS) is 22.7. The van der Waals surface area contributed by atoms with Gasteiger partial charge in [0.15, 0.2) is 0 Å². The van der Waals surface area contributed by atoms with Gasteiger partial charge in [-0.1, -0.05) is 42.5 Å². The molecule has 0 radical (unpaired) electrons. The van der Waals surface area contributed by atoms with Crippen LogP contribution >= 0.6 is 9.90 Å². The van der Waals surface area contributed by atoms with E-state index >= 15 is 0 Å². The highest BCUT2D eigenvalue weighted by Crippen LogP contribution is 2.36. The fourth-order valence-electron chi connectivity index (χ4n) is 4.95. The molecule has 0 bridgehead atoms. The Morgan fingerprint density at radius 1 is 0.971 bits per heavy atom. The zero-order chi connectivity index (χ0) is 23.8. The number of rotatable bonds is 7. The molecule has 3 unspecified atom stereocenters. The Hall–Kier alpha value is -2.14. The van der Waals surface area contributed by atoms with Crippen LogP contribution in [0.5, 0.6) is 5.75 Å². The van der Waals surface area contributed by atoms with E-state index in [1.807, 2.05) is 17.1 Å². The first-order valence-electron chi connectivity index (χ1n) is 12.5. The lowest BCUT2D eigenvalue weighted by Gasteiger charge is -2.32. The third-order valence-corrected chi connectivity index (χ3v) is 7.64. The SMILES string of the molecule is CC1(C)OB(c2cnn(Cc3cccc(OC4CCCC4Cc4ccccc4)c3)c2)OC1(C)C.P. The topological polar surface area (TPSA) is 45.5 Å². The van der Waals surface area contributed by atoms with Crippen molar-refractivity contribution >= 4 is 22.5 Å². The smallest absolute Gasteiger partial charge is 0.490 e. The summed E-state index contributed by atoms with van der Waals surface area (Å²) in [6, 6.07) is 19.2. The average Bonchev–Trinajstić information content (AvgIpc) is 3.48. The van der Waals surface area contributed by atoms with Gasteiger partial charge in [-0.25, -0.2) is 0 Å². The van der Waals surface area contributed by atoms with Crippen molar-refractivity contribution in [3.8, 4) is 5.75 Å². The van der Waals surface area contributed by atoms with E-state index in [9.17, 15) is 0 Å². The van der Waals surface area contributed by atoms with E-state index in [4.69, 9.17) is 14.0 Å². The van der Waals surface area contributed by atoms with Crippen LogP contribution in [0.15, 0.2) is 67.0 Å². The number of hydrogen-bond donors (Lipinski definition) is 0. The van der Waals surface area contributed by atoms with Gasteiger partial charge in [-0.15, -0.1) is 0 Å². The minimum absolute atomic E-state index is 0. The van der Waals surface area contributed by atoms with Gasteiger partial charge in [-0.05, 0) is 82.6 Å². The summed E-state index contributed by atoms with van der Waals surface area (Å²) < 4.78 is 20.8. The van der Waals surface area contributed by atoms with Gasteiger partial charge in [0, 0.05) is 17.9 Å². The van der Waals surface area contributed by atoms with Crippen LogP contribution < -0.4 is 10.2 Å². The van der Waals surface area contributed by atoms with Gasteiger partial charge in [0.05, 0.1) is 17.7 Å². The highest BCUT2D eigenvalue weighted by atomic mass is 31.0. The minimum Gasteiger partial charge on any atom is -0.490 e.